The van der Waals surface area contributed by atoms with E-state index < -0.39 is 0 Å². The van der Waals surface area contributed by atoms with Gasteiger partial charge in [-0.25, -0.2) is 0 Å². The maximum absolute atomic E-state index is 9.19. The highest BCUT2D eigenvalue weighted by atomic mass is 15.2. The fraction of sp³-hybridized carbons (Fsp3) is 0.550. The van der Waals surface area contributed by atoms with Crippen molar-refractivity contribution in [2.24, 2.45) is 0 Å². The Bertz CT molecular complexity index is 704. The van der Waals surface area contributed by atoms with Crippen molar-refractivity contribution in [2.45, 2.75) is 39.2 Å². The van der Waals surface area contributed by atoms with Gasteiger partial charge >= 0.3 is 0 Å². The highest BCUT2D eigenvalue weighted by molar-refractivity contribution is 5.85. The zero-order valence-corrected chi connectivity index (χ0v) is 14.7. The number of aryl methyl sites for hydroxylation is 2. The number of nitriles is 1. The Labute approximate surface area is 145 Å². The van der Waals surface area contributed by atoms with Crippen molar-refractivity contribution in [1.29, 1.82) is 5.26 Å². The molecule has 0 bridgehead atoms. The minimum absolute atomic E-state index is 0.763. The molecule has 0 atom stereocenters. The van der Waals surface area contributed by atoms with Gasteiger partial charge < -0.3 is 14.8 Å². The van der Waals surface area contributed by atoms with Gasteiger partial charge in [0.1, 0.15) is 0 Å². The van der Waals surface area contributed by atoms with Crippen LogP contribution in [-0.4, -0.2) is 42.2 Å². The van der Waals surface area contributed by atoms with Gasteiger partial charge in [-0.3, -0.25) is 0 Å². The monoisotopic (exact) mass is 324 g/mol. The number of nitrogens with zero attached hydrogens (tertiary/aromatic N) is 3. The van der Waals surface area contributed by atoms with Gasteiger partial charge in [-0.2, -0.15) is 5.26 Å². The number of aromatic nitrogens is 1. The molecule has 24 heavy (non-hydrogen) atoms. The van der Waals surface area contributed by atoms with Gasteiger partial charge in [0.25, 0.3) is 0 Å². The zero-order chi connectivity index (χ0) is 16.8. The maximum Gasteiger partial charge on any atom is 0.0991 e. The van der Waals surface area contributed by atoms with Crippen molar-refractivity contribution >= 4 is 10.9 Å². The Balaban J connectivity index is 1.65. The van der Waals surface area contributed by atoms with Crippen LogP contribution in [0.4, 0.5) is 0 Å². The second-order valence-electron chi connectivity index (χ2n) is 6.74. The van der Waals surface area contributed by atoms with Crippen LogP contribution in [0.3, 0.4) is 0 Å². The molecule has 3 rings (SSSR count). The number of piperazine rings is 1. The standard InChI is InChI=1S/C20H28N4/c1-2-10-24-16-18(19-14-17(15-21)6-7-20(19)24)5-3-4-11-23-12-8-22-9-13-23/h6-7,14,16,22H,2-5,8-13H2,1H3. The SMILES string of the molecule is CCCn1cc(CCCCN2CCNCC2)c2cc(C#N)ccc21. The summed E-state index contributed by atoms with van der Waals surface area (Å²) in [5.41, 5.74) is 3.43. The van der Waals surface area contributed by atoms with Crippen LogP contribution < -0.4 is 5.32 Å². The predicted molar refractivity (Wildman–Crippen MR) is 99.2 cm³/mol. The van der Waals surface area contributed by atoms with Crippen LogP contribution in [-0.2, 0) is 13.0 Å². The lowest BCUT2D eigenvalue weighted by molar-refractivity contribution is 0.237. The van der Waals surface area contributed by atoms with E-state index in [1.54, 1.807) is 0 Å². The van der Waals surface area contributed by atoms with Crippen LogP contribution in [0.5, 0.6) is 0 Å². The van der Waals surface area contributed by atoms with Crippen LogP contribution in [0.2, 0.25) is 0 Å². The molecular weight excluding hydrogens is 296 g/mol. The third kappa shape index (κ3) is 3.98. The summed E-state index contributed by atoms with van der Waals surface area (Å²) in [6, 6.07) is 8.38. The number of rotatable bonds is 7. The third-order valence-corrected chi connectivity index (χ3v) is 4.94. The van der Waals surface area contributed by atoms with Crippen LogP contribution in [0.25, 0.3) is 10.9 Å². The van der Waals surface area contributed by atoms with E-state index in [1.807, 2.05) is 6.07 Å². The van der Waals surface area contributed by atoms with E-state index in [0.29, 0.717) is 0 Å². The molecule has 1 fully saturated rings. The van der Waals surface area contributed by atoms with Crippen LogP contribution in [0.15, 0.2) is 24.4 Å². The number of hydrogen-bond acceptors (Lipinski definition) is 3. The number of fused-ring (bicyclic) bond motifs is 1. The van der Waals surface area contributed by atoms with E-state index in [0.717, 1.165) is 38.0 Å². The first-order chi connectivity index (χ1) is 11.8. The summed E-state index contributed by atoms with van der Waals surface area (Å²) in [6.07, 6.45) is 7.00. The second kappa shape index (κ2) is 8.32. The number of benzene rings is 1. The fourth-order valence-electron chi connectivity index (χ4n) is 3.65. The van der Waals surface area contributed by atoms with Crippen molar-refractivity contribution in [3.05, 3.63) is 35.5 Å². The molecule has 0 amide bonds. The Morgan fingerprint density at radius 2 is 2.00 bits per heavy atom. The van der Waals surface area contributed by atoms with Gasteiger partial charge in [0.15, 0.2) is 0 Å². The molecule has 1 aromatic heterocycles. The molecule has 0 spiro atoms. The van der Waals surface area contributed by atoms with E-state index in [1.165, 1.54) is 48.9 Å². The lowest BCUT2D eigenvalue weighted by atomic mass is 10.1. The molecule has 2 heterocycles. The second-order valence-corrected chi connectivity index (χ2v) is 6.74. The summed E-state index contributed by atoms with van der Waals surface area (Å²) in [5.74, 6) is 0. The molecule has 1 aliphatic heterocycles. The molecule has 0 radical (unpaired) electrons. The van der Waals surface area contributed by atoms with E-state index in [2.05, 4.69) is 46.1 Å². The van der Waals surface area contributed by atoms with Crippen LogP contribution >= 0.6 is 0 Å². The van der Waals surface area contributed by atoms with Gasteiger partial charge in [-0.15, -0.1) is 0 Å². The normalized spacial score (nSPS) is 15.7. The van der Waals surface area contributed by atoms with Crippen molar-refractivity contribution in [3.8, 4) is 6.07 Å². The molecule has 1 aromatic carbocycles. The number of nitrogens with one attached hydrogen (secondary N) is 1. The van der Waals surface area contributed by atoms with Crippen molar-refractivity contribution in [3.63, 3.8) is 0 Å². The molecule has 0 aliphatic carbocycles. The molecule has 1 aliphatic rings. The summed E-state index contributed by atoms with van der Waals surface area (Å²) < 4.78 is 2.35. The molecular formula is C20H28N4. The summed E-state index contributed by atoms with van der Waals surface area (Å²) in [5, 5.41) is 13.9. The minimum Gasteiger partial charge on any atom is -0.347 e. The zero-order valence-electron chi connectivity index (χ0n) is 14.7. The topological polar surface area (TPSA) is 44.0 Å². The molecule has 0 saturated carbocycles. The molecule has 2 aromatic rings. The molecule has 0 unspecified atom stereocenters. The first-order valence-electron chi connectivity index (χ1n) is 9.26. The van der Waals surface area contributed by atoms with E-state index in [-0.39, 0.29) is 0 Å². The first-order valence-corrected chi connectivity index (χ1v) is 9.26. The van der Waals surface area contributed by atoms with Crippen molar-refractivity contribution in [2.75, 3.05) is 32.7 Å². The number of hydrogen-bond donors (Lipinski definition) is 1. The highest BCUT2D eigenvalue weighted by Gasteiger charge is 2.11. The highest BCUT2D eigenvalue weighted by Crippen LogP contribution is 2.24. The Kier molecular flexibility index (Phi) is 5.90. The van der Waals surface area contributed by atoms with Gasteiger partial charge in [-0.05, 0) is 56.0 Å². The van der Waals surface area contributed by atoms with Crippen molar-refractivity contribution in [1.82, 2.24) is 14.8 Å². The Hall–Kier alpha value is -1.83. The average Bonchev–Trinajstić information content (AvgIpc) is 2.97. The van der Waals surface area contributed by atoms with Gasteiger partial charge in [0.2, 0.25) is 0 Å². The van der Waals surface area contributed by atoms with E-state index >= 15 is 0 Å². The first kappa shape index (κ1) is 17.0. The molecule has 1 saturated heterocycles. The number of unbranched alkanes of at least 4 members (excludes halogenated alkanes) is 1. The third-order valence-electron chi connectivity index (χ3n) is 4.94. The van der Waals surface area contributed by atoms with Crippen LogP contribution in [0.1, 0.15) is 37.3 Å². The summed E-state index contributed by atoms with van der Waals surface area (Å²) in [4.78, 5) is 2.56. The minimum atomic E-state index is 0.763. The molecule has 1 N–H and O–H groups in total. The summed E-state index contributed by atoms with van der Waals surface area (Å²) in [7, 11) is 0. The lowest BCUT2D eigenvalue weighted by Crippen LogP contribution is -2.43. The van der Waals surface area contributed by atoms with E-state index in [4.69, 9.17) is 0 Å². The predicted octanol–water partition coefficient (Wildman–Crippen LogP) is 3.15. The summed E-state index contributed by atoms with van der Waals surface area (Å²) >= 11 is 0. The lowest BCUT2D eigenvalue weighted by Gasteiger charge is -2.26. The average molecular weight is 324 g/mol. The largest absolute Gasteiger partial charge is 0.347 e. The summed E-state index contributed by atoms with van der Waals surface area (Å²) in [6.45, 7) is 9.08. The van der Waals surface area contributed by atoms with Gasteiger partial charge in [0.05, 0.1) is 11.6 Å². The molecule has 4 heteroatoms. The van der Waals surface area contributed by atoms with Crippen molar-refractivity contribution < 1.29 is 0 Å². The Morgan fingerprint density at radius 1 is 1.17 bits per heavy atom. The maximum atomic E-state index is 9.19. The Morgan fingerprint density at radius 3 is 2.75 bits per heavy atom. The van der Waals surface area contributed by atoms with Crippen LogP contribution in [0, 0.1) is 11.3 Å². The molecule has 4 nitrogen and oxygen atoms in total. The van der Waals surface area contributed by atoms with Gasteiger partial charge in [-0.1, -0.05) is 6.92 Å². The van der Waals surface area contributed by atoms with E-state index in [9.17, 15) is 5.26 Å². The van der Waals surface area contributed by atoms with Gasteiger partial charge in [0, 0.05) is 49.8 Å². The molecule has 128 valence electrons. The fourth-order valence-corrected chi connectivity index (χ4v) is 3.65. The smallest absolute Gasteiger partial charge is 0.0991 e. The quantitative estimate of drug-likeness (QED) is 0.796.